The van der Waals surface area contributed by atoms with Crippen molar-refractivity contribution in [3.63, 3.8) is 0 Å². The molecule has 0 bridgehead atoms. The van der Waals surface area contributed by atoms with E-state index >= 15 is 0 Å². The van der Waals surface area contributed by atoms with Crippen LogP contribution in [0.3, 0.4) is 0 Å². The summed E-state index contributed by atoms with van der Waals surface area (Å²) in [4.78, 5) is 15.7. The summed E-state index contributed by atoms with van der Waals surface area (Å²) in [7, 11) is 0. The first-order valence-corrected chi connectivity index (χ1v) is 5.61. The molecular formula is C11H14N4O2. The Hall–Kier alpha value is -1.90. The molecule has 1 aliphatic rings. The summed E-state index contributed by atoms with van der Waals surface area (Å²) in [6, 6.07) is 2.13. The van der Waals surface area contributed by atoms with Gasteiger partial charge >= 0.3 is 0 Å². The van der Waals surface area contributed by atoms with Crippen molar-refractivity contribution in [3.05, 3.63) is 12.2 Å². The number of carbonyl (C=O) groups is 1. The second-order valence-electron chi connectivity index (χ2n) is 4.55. The Morgan fingerprint density at radius 3 is 3.06 bits per heavy atom. The fourth-order valence-electron chi connectivity index (χ4n) is 2.22. The molecule has 1 heterocycles. The first-order valence-electron chi connectivity index (χ1n) is 5.61. The number of amides is 1. The Bertz CT molecular complexity index is 429. The predicted octanol–water partition coefficient (Wildman–Crippen LogP) is 0.668. The van der Waals surface area contributed by atoms with Crippen molar-refractivity contribution in [2.75, 3.05) is 6.54 Å². The molecular weight excluding hydrogens is 220 g/mol. The molecule has 90 valence electrons. The molecule has 1 aromatic rings. The number of aromatic nitrogens is 2. The van der Waals surface area contributed by atoms with E-state index in [1.165, 1.54) is 6.33 Å². The molecule has 0 aromatic carbocycles. The van der Waals surface area contributed by atoms with E-state index < -0.39 is 5.41 Å². The largest absolute Gasteiger partial charge is 0.354 e. The molecule has 1 amide bonds. The number of hydrogen-bond donors (Lipinski definition) is 1. The molecule has 2 rings (SSSR count). The van der Waals surface area contributed by atoms with Gasteiger partial charge < -0.3 is 9.84 Å². The van der Waals surface area contributed by atoms with Gasteiger partial charge in [0.1, 0.15) is 5.41 Å². The van der Waals surface area contributed by atoms with Crippen LogP contribution in [-0.2, 0) is 11.2 Å². The van der Waals surface area contributed by atoms with Crippen molar-refractivity contribution >= 4 is 5.91 Å². The number of rotatable bonds is 4. The van der Waals surface area contributed by atoms with Gasteiger partial charge in [0, 0.05) is 13.0 Å². The Balaban J connectivity index is 1.80. The topological polar surface area (TPSA) is 91.8 Å². The van der Waals surface area contributed by atoms with Gasteiger partial charge in [0.15, 0.2) is 6.33 Å². The van der Waals surface area contributed by atoms with Crippen LogP contribution >= 0.6 is 0 Å². The number of nitrogens with zero attached hydrogens (tertiary/aromatic N) is 3. The smallest absolute Gasteiger partial charge is 0.240 e. The minimum atomic E-state index is -0.811. The number of carbonyl (C=O) groups excluding carboxylic acids is 1. The van der Waals surface area contributed by atoms with Crippen LogP contribution in [0.2, 0.25) is 0 Å². The predicted molar refractivity (Wildman–Crippen MR) is 57.5 cm³/mol. The molecule has 6 heteroatoms. The maximum atomic E-state index is 11.9. The minimum Gasteiger partial charge on any atom is -0.354 e. The SMILES string of the molecule is CC1CC(C#N)(C(=O)NCCc2ncno2)C1. The second-order valence-corrected chi connectivity index (χ2v) is 4.55. The fourth-order valence-corrected chi connectivity index (χ4v) is 2.22. The highest BCUT2D eigenvalue weighted by molar-refractivity contribution is 5.86. The summed E-state index contributed by atoms with van der Waals surface area (Å²) in [6.07, 6.45) is 3.11. The highest BCUT2D eigenvalue weighted by Gasteiger charge is 2.48. The van der Waals surface area contributed by atoms with Crippen LogP contribution in [0.4, 0.5) is 0 Å². The summed E-state index contributed by atoms with van der Waals surface area (Å²) in [5.74, 6) is 0.757. The highest BCUT2D eigenvalue weighted by atomic mass is 16.5. The van der Waals surface area contributed by atoms with Gasteiger partial charge in [-0.2, -0.15) is 10.2 Å². The molecule has 1 aliphatic carbocycles. The second kappa shape index (κ2) is 4.53. The van der Waals surface area contributed by atoms with E-state index in [-0.39, 0.29) is 5.91 Å². The van der Waals surface area contributed by atoms with Crippen LogP contribution in [-0.4, -0.2) is 22.6 Å². The normalized spacial score (nSPS) is 26.9. The van der Waals surface area contributed by atoms with Gasteiger partial charge in [-0.05, 0) is 18.8 Å². The van der Waals surface area contributed by atoms with Crippen LogP contribution in [0.15, 0.2) is 10.9 Å². The van der Waals surface area contributed by atoms with Gasteiger partial charge in [-0.15, -0.1) is 0 Å². The Labute approximate surface area is 99.0 Å². The zero-order chi connectivity index (χ0) is 12.3. The molecule has 6 nitrogen and oxygen atoms in total. The lowest BCUT2D eigenvalue weighted by atomic mass is 9.63. The Kier molecular flexibility index (Phi) is 3.09. The molecule has 1 saturated carbocycles. The molecule has 0 spiro atoms. The maximum Gasteiger partial charge on any atom is 0.240 e. The van der Waals surface area contributed by atoms with Crippen molar-refractivity contribution in [3.8, 4) is 6.07 Å². The van der Waals surface area contributed by atoms with Crippen LogP contribution in [0.5, 0.6) is 0 Å². The number of nitriles is 1. The Morgan fingerprint density at radius 2 is 2.53 bits per heavy atom. The number of hydrogen-bond acceptors (Lipinski definition) is 5. The van der Waals surface area contributed by atoms with E-state index in [9.17, 15) is 4.79 Å². The standard InChI is InChI=1S/C11H14N4O2/c1-8-4-11(5-8,6-12)10(16)13-3-2-9-14-7-15-17-9/h7-8H,2-5H2,1H3,(H,13,16). The van der Waals surface area contributed by atoms with Gasteiger partial charge in [0.05, 0.1) is 6.07 Å². The quantitative estimate of drug-likeness (QED) is 0.826. The van der Waals surface area contributed by atoms with E-state index in [1.54, 1.807) is 0 Å². The van der Waals surface area contributed by atoms with E-state index in [4.69, 9.17) is 9.78 Å². The van der Waals surface area contributed by atoms with Gasteiger partial charge in [-0.3, -0.25) is 4.79 Å². The van der Waals surface area contributed by atoms with E-state index in [1.807, 2.05) is 6.92 Å². The van der Waals surface area contributed by atoms with E-state index in [2.05, 4.69) is 21.5 Å². The van der Waals surface area contributed by atoms with Gasteiger partial charge in [-0.25, -0.2) is 0 Å². The summed E-state index contributed by atoms with van der Waals surface area (Å²) >= 11 is 0. The average molecular weight is 234 g/mol. The molecule has 17 heavy (non-hydrogen) atoms. The molecule has 0 radical (unpaired) electrons. The van der Waals surface area contributed by atoms with Crippen molar-refractivity contribution in [2.24, 2.45) is 11.3 Å². The summed E-state index contributed by atoms with van der Waals surface area (Å²) < 4.78 is 4.81. The molecule has 0 aliphatic heterocycles. The molecule has 1 N–H and O–H groups in total. The van der Waals surface area contributed by atoms with Crippen LogP contribution < -0.4 is 5.32 Å². The van der Waals surface area contributed by atoms with E-state index in [0.717, 1.165) is 0 Å². The third kappa shape index (κ3) is 2.28. The first-order chi connectivity index (χ1) is 8.16. The molecule has 1 aromatic heterocycles. The maximum absolute atomic E-state index is 11.9. The zero-order valence-electron chi connectivity index (χ0n) is 9.64. The lowest BCUT2D eigenvalue weighted by molar-refractivity contribution is -0.133. The Morgan fingerprint density at radius 1 is 1.76 bits per heavy atom. The van der Waals surface area contributed by atoms with Crippen LogP contribution in [0, 0.1) is 22.7 Å². The molecule has 0 unspecified atom stereocenters. The van der Waals surface area contributed by atoms with Crippen LogP contribution in [0.25, 0.3) is 0 Å². The van der Waals surface area contributed by atoms with E-state index in [0.29, 0.717) is 37.6 Å². The highest BCUT2D eigenvalue weighted by Crippen LogP contribution is 2.44. The van der Waals surface area contributed by atoms with Crippen molar-refractivity contribution < 1.29 is 9.32 Å². The zero-order valence-corrected chi connectivity index (χ0v) is 9.64. The van der Waals surface area contributed by atoms with Crippen LogP contribution in [0.1, 0.15) is 25.7 Å². The molecule has 0 atom stereocenters. The average Bonchev–Trinajstić information content (AvgIpc) is 2.77. The third-order valence-electron chi connectivity index (χ3n) is 3.07. The summed E-state index contributed by atoms with van der Waals surface area (Å²) in [5, 5.41) is 15.3. The van der Waals surface area contributed by atoms with Crippen molar-refractivity contribution in [2.45, 2.75) is 26.2 Å². The monoisotopic (exact) mass is 234 g/mol. The lowest BCUT2D eigenvalue weighted by Gasteiger charge is -2.39. The first kappa shape index (κ1) is 11.6. The fraction of sp³-hybridized carbons (Fsp3) is 0.636. The molecule has 0 saturated heterocycles. The number of nitrogens with one attached hydrogen (secondary N) is 1. The summed E-state index contributed by atoms with van der Waals surface area (Å²) in [5.41, 5.74) is -0.811. The van der Waals surface area contributed by atoms with Crippen molar-refractivity contribution in [1.82, 2.24) is 15.5 Å². The van der Waals surface area contributed by atoms with Crippen molar-refractivity contribution in [1.29, 1.82) is 5.26 Å². The molecule has 1 fully saturated rings. The third-order valence-corrected chi connectivity index (χ3v) is 3.07. The summed E-state index contributed by atoms with van der Waals surface area (Å²) in [6.45, 7) is 2.46. The minimum absolute atomic E-state index is 0.183. The lowest BCUT2D eigenvalue weighted by Crippen LogP contribution is -2.48. The van der Waals surface area contributed by atoms with Gasteiger partial charge in [0.25, 0.3) is 0 Å². The van der Waals surface area contributed by atoms with Gasteiger partial charge in [-0.1, -0.05) is 12.1 Å². The van der Waals surface area contributed by atoms with Gasteiger partial charge in [0.2, 0.25) is 11.8 Å².